The van der Waals surface area contributed by atoms with Gasteiger partial charge in [-0.15, -0.1) is 0 Å². The van der Waals surface area contributed by atoms with Gasteiger partial charge in [0, 0.05) is 5.41 Å². The quantitative estimate of drug-likeness (QED) is 0.796. The molecule has 0 amide bonds. The Morgan fingerprint density at radius 3 is 2.40 bits per heavy atom. The molecule has 1 aromatic rings. The van der Waals surface area contributed by atoms with Crippen molar-refractivity contribution in [2.45, 2.75) is 43.6 Å². The minimum atomic E-state index is -0.104. The van der Waals surface area contributed by atoms with Crippen molar-refractivity contribution < 1.29 is 5.11 Å². The molecule has 1 N–H and O–H groups in total. The summed E-state index contributed by atoms with van der Waals surface area (Å²) in [6.07, 6.45) is 5.93. The van der Waals surface area contributed by atoms with Gasteiger partial charge in [-0.1, -0.05) is 43.2 Å². The molecular weight excluding hydrogens is 184 g/mol. The summed E-state index contributed by atoms with van der Waals surface area (Å²) in [6.45, 7) is 0. The highest BCUT2D eigenvalue weighted by molar-refractivity contribution is 5.33. The summed E-state index contributed by atoms with van der Waals surface area (Å²) in [7, 11) is 0. The van der Waals surface area contributed by atoms with Crippen LogP contribution in [0.3, 0.4) is 0 Å². The molecule has 80 valence electrons. The third-order valence-electron chi connectivity index (χ3n) is 4.03. The molecule has 0 spiro atoms. The van der Waals surface area contributed by atoms with Crippen LogP contribution in [0.4, 0.5) is 0 Å². The molecule has 3 rings (SSSR count). The van der Waals surface area contributed by atoms with Crippen LogP contribution in [-0.2, 0) is 5.41 Å². The van der Waals surface area contributed by atoms with Crippen molar-refractivity contribution in [3.05, 3.63) is 35.9 Å². The van der Waals surface area contributed by atoms with E-state index in [1.54, 1.807) is 0 Å². The van der Waals surface area contributed by atoms with E-state index in [-0.39, 0.29) is 11.5 Å². The lowest BCUT2D eigenvalue weighted by molar-refractivity contribution is 0.116. The summed E-state index contributed by atoms with van der Waals surface area (Å²) in [5.41, 5.74) is 1.47. The molecule has 2 fully saturated rings. The van der Waals surface area contributed by atoms with Gasteiger partial charge in [-0.05, 0) is 30.7 Å². The zero-order valence-electron chi connectivity index (χ0n) is 9.02. The summed E-state index contributed by atoms with van der Waals surface area (Å²) in [4.78, 5) is 0. The van der Waals surface area contributed by atoms with Gasteiger partial charge in [-0.2, -0.15) is 0 Å². The second-order valence-corrected chi connectivity index (χ2v) is 5.22. The molecule has 0 radical (unpaired) electrons. The lowest BCUT2D eigenvalue weighted by Crippen LogP contribution is -2.26. The van der Waals surface area contributed by atoms with E-state index in [0.29, 0.717) is 0 Å². The Morgan fingerprint density at radius 1 is 1.20 bits per heavy atom. The van der Waals surface area contributed by atoms with Crippen molar-refractivity contribution in [2.24, 2.45) is 5.92 Å². The number of rotatable bonds is 4. The highest BCUT2D eigenvalue weighted by Gasteiger charge is 2.51. The van der Waals surface area contributed by atoms with E-state index < -0.39 is 0 Å². The summed E-state index contributed by atoms with van der Waals surface area (Å²) >= 11 is 0. The van der Waals surface area contributed by atoms with Crippen molar-refractivity contribution in [1.82, 2.24) is 0 Å². The fourth-order valence-corrected chi connectivity index (χ4v) is 2.61. The molecule has 0 bridgehead atoms. The topological polar surface area (TPSA) is 20.2 Å². The SMILES string of the molecule is OC(CC1CC1)C1(c2ccccc2)CC1. The Kier molecular flexibility index (Phi) is 2.10. The van der Waals surface area contributed by atoms with Crippen LogP contribution in [0.25, 0.3) is 0 Å². The van der Waals surface area contributed by atoms with Crippen LogP contribution in [0.5, 0.6) is 0 Å². The first kappa shape index (κ1) is 9.41. The minimum absolute atomic E-state index is 0.104. The van der Waals surface area contributed by atoms with E-state index in [2.05, 4.69) is 24.3 Å². The number of hydrogen-bond donors (Lipinski definition) is 1. The van der Waals surface area contributed by atoms with Crippen molar-refractivity contribution >= 4 is 0 Å². The van der Waals surface area contributed by atoms with Gasteiger partial charge < -0.3 is 5.11 Å². The van der Waals surface area contributed by atoms with Crippen molar-refractivity contribution in [3.8, 4) is 0 Å². The molecule has 15 heavy (non-hydrogen) atoms. The van der Waals surface area contributed by atoms with Crippen LogP contribution >= 0.6 is 0 Å². The third kappa shape index (κ3) is 1.69. The molecule has 1 unspecified atom stereocenters. The molecule has 0 aromatic heterocycles. The molecule has 2 aliphatic carbocycles. The second kappa shape index (κ2) is 3.34. The average molecular weight is 202 g/mol. The summed E-state index contributed by atoms with van der Waals surface area (Å²) in [6, 6.07) is 10.6. The number of hydrogen-bond acceptors (Lipinski definition) is 1. The lowest BCUT2D eigenvalue weighted by atomic mass is 9.87. The van der Waals surface area contributed by atoms with Gasteiger partial charge in [0.15, 0.2) is 0 Å². The van der Waals surface area contributed by atoms with Gasteiger partial charge >= 0.3 is 0 Å². The van der Waals surface area contributed by atoms with Gasteiger partial charge in [0.1, 0.15) is 0 Å². The predicted molar refractivity (Wildman–Crippen MR) is 60.7 cm³/mol. The molecular formula is C14H18O. The number of aliphatic hydroxyl groups excluding tert-OH is 1. The van der Waals surface area contributed by atoms with Gasteiger partial charge in [-0.3, -0.25) is 0 Å². The molecule has 2 aliphatic rings. The maximum Gasteiger partial charge on any atom is 0.0639 e. The fourth-order valence-electron chi connectivity index (χ4n) is 2.61. The summed E-state index contributed by atoms with van der Waals surface area (Å²) < 4.78 is 0. The molecule has 1 aromatic carbocycles. The maximum atomic E-state index is 10.3. The highest BCUT2D eigenvalue weighted by Crippen LogP contribution is 2.53. The standard InChI is InChI=1S/C14H18O/c15-13(10-11-6-7-11)14(8-9-14)12-4-2-1-3-5-12/h1-5,11,13,15H,6-10H2. The van der Waals surface area contributed by atoms with Crippen molar-refractivity contribution in [2.75, 3.05) is 0 Å². The lowest BCUT2D eigenvalue weighted by Gasteiger charge is -2.22. The Balaban J connectivity index is 1.78. The van der Waals surface area contributed by atoms with Crippen LogP contribution in [0.1, 0.15) is 37.7 Å². The fraction of sp³-hybridized carbons (Fsp3) is 0.571. The largest absolute Gasteiger partial charge is 0.392 e. The average Bonchev–Trinajstić information content (AvgIpc) is 3.14. The molecule has 0 heterocycles. The zero-order valence-corrected chi connectivity index (χ0v) is 9.02. The second-order valence-electron chi connectivity index (χ2n) is 5.22. The molecule has 1 atom stereocenters. The van der Waals surface area contributed by atoms with E-state index >= 15 is 0 Å². The first-order valence-corrected chi connectivity index (χ1v) is 6.05. The van der Waals surface area contributed by atoms with Gasteiger partial charge in [0.25, 0.3) is 0 Å². The van der Waals surface area contributed by atoms with E-state index in [1.807, 2.05) is 6.07 Å². The highest BCUT2D eigenvalue weighted by atomic mass is 16.3. The van der Waals surface area contributed by atoms with Crippen LogP contribution in [0, 0.1) is 5.92 Å². The van der Waals surface area contributed by atoms with Crippen molar-refractivity contribution in [3.63, 3.8) is 0 Å². The minimum Gasteiger partial charge on any atom is -0.392 e. The van der Waals surface area contributed by atoms with Crippen LogP contribution in [-0.4, -0.2) is 11.2 Å². The number of aliphatic hydroxyl groups is 1. The smallest absolute Gasteiger partial charge is 0.0639 e. The van der Waals surface area contributed by atoms with Gasteiger partial charge in [0.2, 0.25) is 0 Å². The van der Waals surface area contributed by atoms with Gasteiger partial charge in [0.05, 0.1) is 6.10 Å². The van der Waals surface area contributed by atoms with Crippen LogP contribution < -0.4 is 0 Å². The molecule has 1 heteroatoms. The number of benzene rings is 1. The summed E-state index contributed by atoms with van der Waals surface area (Å²) in [5, 5.41) is 10.3. The van der Waals surface area contributed by atoms with E-state index in [4.69, 9.17) is 0 Å². The molecule has 2 saturated carbocycles. The first-order chi connectivity index (χ1) is 7.31. The normalized spacial score (nSPS) is 24.9. The Morgan fingerprint density at radius 2 is 1.87 bits per heavy atom. The Labute approximate surface area is 91.1 Å². The third-order valence-corrected chi connectivity index (χ3v) is 4.03. The van der Waals surface area contributed by atoms with Crippen LogP contribution in [0.2, 0.25) is 0 Å². The predicted octanol–water partition coefficient (Wildman–Crippen LogP) is 2.88. The van der Waals surface area contributed by atoms with Crippen LogP contribution in [0.15, 0.2) is 30.3 Å². The Hall–Kier alpha value is -0.820. The Bertz CT molecular complexity index is 336. The van der Waals surface area contributed by atoms with E-state index in [1.165, 1.54) is 31.2 Å². The monoisotopic (exact) mass is 202 g/mol. The first-order valence-electron chi connectivity index (χ1n) is 6.05. The van der Waals surface area contributed by atoms with Crippen molar-refractivity contribution in [1.29, 1.82) is 0 Å². The van der Waals surface area contributed by atoms with E-state index in [9.17, 15) is 5.11 Å². The van der Waals surface area contributed by atoms with E-state index in [0.717, 1.165) is 12.3 Å². The molecule has 0 saturated heterocycles. The molecule has 1 nitrogen and oxygen atoms in total. The maximum absolute atomic E-state index is 10.3. The van der Waals surface area contributed by atoms with Gasteiger partial charge in [-0.25, -0.2) is 0 Å². The molecule has 0 aliphatic heterocycles. The summed E-state index contributed by atoms with van der Waals surface area (Å²) in [5.74, 6) is 0.821. The zero-order chi connectivity index (χ0) is 10.3.